The molecule has 25 heavy (non-hydrogen) atoms. The molecule has 0 radical (unpaired) electrons. The van der Waals surface area contributed by atoms with Gasteiger partial charge in [0, 0.05) is 12.6 Å². The van der Waals surface area contributed by atoms with E-state index in [2.05, 4.69) is 15.5 Å². The number of nitrogens with one attached hydrogen (secondary N) is 2. The fourth-order valence-corrected chi connectivity index (χ4v) is 2.43. The first-order valence-electron chi connectivity index (χ1n) is 7.72. The molecule has 0 aliphatic heterocycles. The number of aryl methyl sites for hydroxylation is 1. The van der Waals surface area contributed by atoms with Gasteiger partial charge in [0.15, 0.2) is 5.82 Å². The van der Waals surface area contributed by atoms with Crippen molar-refractivity contribution in [2.45, 2.75) is 25.7 Å². The topological polar surface area (TPSA) is 157 Å². The molecule has 0 amide bonds. The van der Waals surface area contributed by atoms with Gasteiger partial charge in [0.1, 0.15) is 17.3 Å². The molecule has 0 atom stereocenters. The van der Waals surface area contributed by atoms with E-state index in [1.54, 1.807) is 12.1 Å². The molecule has 0 aliphatic carbocycles. The molecule has 0 saturated carbocycles. The number of hydrogen-bond acceptors (Lipinski definition) is 7. The van der Waals surface area contributed by atoms with Gasteiger partial charge in [-0.1, -0.05) is 6.42 Å². The molecule has 0 unspecified atom stereocenters. The largest absolute Gasteiger partial charge is 0.381 e. The van der Waals surface area contributed by atoms with E-state index in [1.807, 2.05) is 12.1 Å². The highest BCUT2D eigenvalue weighted by atomic mass is 16.6. The fraction of sp³-hybridized carbons (Fsp3) is 0.312. The molecule has 2 rings (SSSR count). The summed E-state index contributed by atoms with van der Waals surface area (Å²) in [5.41, 5.74) is 7.25. The summed E-state index contributed by atoms with van der Waals surface area (Å²) in [5.74, 6) is 0.215. The number of benzene rings is 1. The van der Waals surface area contributed by atoms with Crippen LogP contribution in [-0.4, -0.2) is 21.7 Å². The smallest absolute Gasteiger partial charge is 0.293 e. The van der Waals surface area contributed by atoms with Crippen molar-refractivity contribution in [3.63, 3.8) is 0 Å². The molecule has 0 spiro atoms. The van der Waals surface area contributed by atoms with Gasteiger partial charge < -0.3 is 11.1 Å². The molecular weight excluding hydrogens is 322 g/mol. The van der Waals surface area contributed by atoms with Gasteiger partial charge >= 0.3 is 0 Å². The number of aromatic nitrogens is 2. The number of nitrogens with two attached hydrogens (primary N) is 1. The maximum absolute atomic E-state index is 11.1. The number of anilines is 2. The Balaban J connectivity index is 1.79. The predicted molar refractivity (Wildman–Crippen MR) is 91.6 cm³/mol. The van der Waals surface area contributed by atoms with Crippen molar-refractivity contribution in [3.8, 4) is 12.1 Å². The van der Waals surface area contributed by atoms with E-state index in [-0.39, 0.29) is 17.1 Å². The van der Waals surface area contributed by atoms with Crippen molar-refractivity contribution < 1.29 is 4.92 Å². The monoisotopic (exact) mass is 339 g/mol. The molecule has 2 aromatic rings. The average Bonchev–Trinajstić information content (AvgIpc) is 2.97. The lowest BCUT2D eigenvalue weighted by molar-refractivity contribution is -0.384. The van der Waals surface area contributed by atoms with Crippen LogP contribution in [0, 0.1) is 32.8 Å². The number of unbranched alkanes of at least 4 members (excludes halogenated alkanes) is 2. The van der Waals surface area contributed by atoms with Crippen molar-refractivity contribution in [2.75, 3.05) is 17.6 Å². The Morgan fingerprint density at radius 1 is 1.28 bits per heavy atom. The van der Waals surface area contributed by atoms with Crippen LogP contribution in [0.1, 0.15) is 36.1 Å². The van der Waals surface area contributed by atoms with Crippen LogP contribution >= 0.6 is 0 Å². The second-order valence-corrected chi connectivity index (χ2v) is 5.41. The van der Waals surface area contributed by atoms with Crippen LogP contribution in [0.25, 0.3) is 0 Å². The minimum Gasteiger partial charge on any atom is -0.381 e. The van der Waals surface area contributed by atoms with Crippen LogP contribution in [0.2, 0.25) is 0 Å². The predicted octanol–water partition coefficient (Wildman–Crippen LogP) is 2.47. The third-order valence-corrected chi connectivity index (χ3v) is 3.72. The van der Waals surface area contributed by atoms with Gasteiger partial charge in [-0.25, -0.2) is 0 Å². The number of nitriles is 2. The van der Waals surface area contributed by atoms with Gasteiger partial charge in [-0.15, -0.1) is 0 Å². The number of hydrogen-bond donors (Lipinski definition) is 3. The molecule has 9 heteroatoms. The number of nitrogen functional groups attached to an aromatic ring is 1. The Morgan fingerprint density at radius 3 is 2.76 bits per heavy atom. The number of nitro benzene ring substituents is 1. The van der Waals surface area contributed by atoms with E-state index in [0.717, 1.165) is 25.0 Å². The average molecular weight is 339 g/mol. The van der Waals surface area contributed by atoms with Crippen LogP contribution < -0.4 is 11.1 Å². The molecule has 1 aromatic heterocycles. The van der Waals surface area contributed by atoms with Gasteiger partial charge in [-0.3, -0.25) is 15.2 Å². The van der Waals surface area contributed by atoms with Gasteiger partial charge in [0.2, 0.25) is 0 Å². The number of nitro groups is 1. The van der Waals surface area contributed by atoms with E-state index in [4.69, 9.17) is 16.3 Å². The first kappa shape index (κ1) is 17.8. The molecule has 4 N–H and O–H groups in total. The molecule has 0 fully saturated rings. The van der Waals surface area contributed by atoms with Crippen molar-refractivity contribution in [1.82, 2.24) is 10.2 Å². The first-order chi connectivity index (χ1) is 12.1. The quantitative estimate of drug-likeness (QED) is 0.378. The van der Waals surface area contributed by atoms with Crippen LogP contribution in [-0.2, 0) is 6.42 Å². The second-order valence-electron chi connectivity index (χ2n) is 5.41. The van der Waals surface area contributed by atoms with E-state index in [1.165, 1.54) is 6.07 Å². The highest BCUT2D eigenvalue weighted by molar-refractivity contribution is 5.64. The summed E-state index contributed by atoms with van der Waals surface area (Å²) in [4.78, 5) is 10.5. The van der Waals surface area contributed by atoms with E-state index >= 15 is 0 Å². The summed E-state index contributed by atoms with van der Waals surface area (Å²) in [6, 6.07) is 8.26. The summed E-state index contributed by atoms with van der Waals surface area (Å²) in [5, 5.41) is 38.5. The minimum atomic E-state index is -0.505. The zero-order chi connectivity index (χ0) is 18.2. The number of rotatable bonds is 8. The lowest BCUT2D eigenvalue weighted by Crippen LogP contribution is -2.05. The molecule has 1 heterocycles. The summed E-state index contributed by atoms with van der Waals surface area (Å²) >= 11 is 0. The molecular formula is C16H17N7O2. The first-order valence-corrected chi connectivity index (χ1v) is 7.72. The normalized spacial score (nSPS) is 10.0. The third-order valence-electron chi connectivity index (χ3n) is 3.72. The Morgan fingerprint density at radius 2 is 2.08 bits per heavy atom. The molecule has 0 saturated heterocycles. The number of nitrogens with zero attached hydrogens (tertiary/aromatic N) is 4. The van der Waals surface area contributed by atoms with Gasteiger partial charge in [0.25, 0.3) is 5.69 Å². The minimum absolute atomic E-state index is 0.106. The van der Waals surface area contributed by atoms with E-state index < -0.39 is 4.92 Å². The maximum Gasteiger partial charge on any atom is 0.293 e. The summed E-state index contributed by atoms with van der Waals surface area (Å²) in [7, 11) is 0. The lowest BCUT2D eigenvalue weighted by Gasteiger charge is -2.07. The van der Waals surface area contributed by atoms with Crippen LogP contribution in [0.5, 0.6) is 0 Å². The Labute approximate surface area is 144 Å². The van der Waals surface area contributed by atoms with E-state index in [9.17, 15) is 10.1 Å². The zero-order valence-electron chi connectivity index (χ0n) is 13.5. The SMILES string of the molecule is N#Cc1ccc(NCCCCCc2[nH]nc(N)c2C#N)c([N+](=O)[O-])c1. The zero-order valence-corrected chi connectivity index (χ0v) is 13.5. The molecule has 0 bridgehead atoms. The summed E-state index contributed by atoms with van der Waals surface area (Å²) in [6.07, 6.45) is 3.20. The van der Waals surface area contributed by atoms with Gasteiger partial charge in [-0.2, -0.15) is 15.6 Å². The molecule has 128 valence electrons. The van der Waals surface area contributed by atoms with Crippen molar-refractivity contribution in [3.05, 3.63) is 45.1 Å². The summed E-state index contributed by atoms with van der Waals surface area (Å²) in [6.45, 7) is 0.572. The van der Waals surface area contributed by atoms with Gasteiger partial charge in [-0.05, 0) is 31.4 Å². The van der Waals surface area contributed by atoms with Crippen LogP contribution in [0.4, 0.5) is 17.2 Å². The molecule has 9 nitrogen and oxygen atoms in total. The third kappa shape index (κ3) is 4.45. The van der Waals surface area contributed by atoms with Crippen molar-refractivity contribution in [1.29, 1.82) is 10.5 Å². The number of aromatic amines is 1. The van der Waals surface area contributed by atoms with Gasteiger partial charge in [0.05, 0.1) is 22.2 Å². The standard InChI is InChI=1S/C16H17N7O2/c17-9-11-5-6-14(15(8-11)23(24)25)20-7-3-1-2-4-13-12(10-18)16(19)22-21-13/h5-6,8,20H,1-4,7H2,(H3,19,21,22). The number of H-pyrrole nitrogens is 1. The lowest BCUT2D eigenvalue weighted by atomic mass is 10.1. The second kappa shape index (κ2) is 8.31. The maximum atomic E-state index is 11.1. The Bertz CT molecular complexity index is 845. The van der Waals surface area contributed by atoms with Crippen molar-refractivity contribution in [2.24, 2.45) is 0 Å². The Hall–Kier alpha value is -3.59. The summed E-state index contributed by atoms with van der Waals surface area (Å²) < 4.78 is 0. The Kier molecular flexibility index (Phi) is 5.91. The fourth-order valence-electron chi connectivity index (χ4n) is 2.43. The highest BCUT2D eigenvalue weighted by Gasteiger charge is 2.14. The van der Waals surface area contributed by atoms with Crippen LogP contribution in [0.15, 0.2) is 18.2 Å². The molecule has 0 aliphatic rings. The highest BCUT2D eigenvalue weighted by Crippen LogP contribution is 2.25. The van der Waals surface area contributed by atoms with E-state index in [0.29, 0.717) is 24.2 Å². The van der Waals surface area contributed by atoms with Crippen LogP contribution in [0.3, 0.4) is 0 Å². The molecule has 1 aromatic carbocycles. The van der Waals surface area contributed by atoms with Crippen molar-refractivity contribution >= 4 is 17.2 Å².